The second-order valence-electron chi connectivity index (χ2n) is 5.53. The SMILES string of the molecule is O=C1NC(=O)c2cc(NC3CC4CC=CC43)ccc21. The first-order chi connectivity index (χ1) is 9.22. The van der Waals surface area contributed by atoms with Crippen molar-refractivity contribution in [3.63, 3.8) is 0 Å². The van der Waals surface area contributed by atoms with Gasteiger partial charge >= 0.3 is 0 Å². The molecule has 1 heterocycles. The summed E-state index contributed by atoms with van der Waals surface area (Å²) in [6, 6.07) is 5.84. The highest BCUT2D eigenvalue weighted by atomic mass is 16.2. The predicted octanol–water partition coefficient (Wildman–Crippen LogP) is 1.95. The van der Waals surface area contributed by atoms with Crippen molar-refractivity contribution in [2.75, 3.05) is 5.32 Å². The van der Waals surface area contributed by atoms with E-state index in [4.69, 9.17) is 0 Å². The largest absolute Gasteiger partial charge is 0.382 e. The fourth-order valence-corrected chi connectivity index (χ4v) is 3.36. The van der Waals surface area contributed by atoms with Gasteiger partial charge in [-0.25, -0.2) is 0 Å². The van der Waals surface area contributed by atoms with Crippen LogP contribution in [0, 0.1) is 11.8 Å². The van der Waals surface area contributed by atoms with E-state index in [1.165, 1.54) is 12.8 Å². The number of imide groups is 1. The highest BCUT2D eigenvalue weighted by Crippen LogP contribution is 2.44. The van der Waals surface area contributed by atoms with Gasteiger partial charge in [0.05, 0.1) is 11.1 Å². The van der Waals surface area contributed by atoms with Crippen LogP contribution in [0.2, 0.25) is 0 Å². The fourth-order valence-electron chi connectivity index (χ4n) is 3.36. The highest BCUT2D eigenvalue weighted by Gasteiger charge is 2.41. The Balaban J connectivity index is 1.57. The zero-order valence-electron chi connectivity index (χ0n) is 10.3. The summed E-state index contributed by atoms with van der Waals surface area (Å²) >= 11 is 0. The lowest BCUT2D eigenvalue weighted by Gasteiger charge is -2.41. The Hall–Kier alpha value is -2.10. The quantitative estimate of drug-likeness (QED) is 0.626. The van der Waals surface area contributed by atoms with Crippen molar-refractivity contribution in [1.82, 2.24) is 5.32 Å². The molecule has 4 rings (SSSR count). The van der Waals surface area contributed by atoms with Crippen LogP contribution in [0.3, 0.4) is 0 Å². The van der Waals surface area contributed by atoms with E-state index in [1.807, 2.05) is 6.07 Å². The molecule has 0 radical (unpaired) electrons. The lowest BCUT2D eigenvalue weighted by Crippen LogP contribution is -2.43. The van der Waals surface area contributed by atoms with Crippen molar-refractivity contribution in [3.8, 4) is 0 Å². The minimum Gasteiger partial charge on any atom is -0.382 e. The number of hydrogen-bond acceptors (Lipinski definition) is 3. The topological polar surface area (TPSA) is 58.2 Å². The monoisotopic (exact) mass is 254 g/mol. The third-order valence-electron chi connectivity index (χ3n) is 4.45. The summed E-state index contributed by atoms with van der Waals surface area (Å²) < 4.78 is 0. The number of anilines is 1. The molecule has 0 saturated heterocycles. The van der Waals surface area contributed by atoms with Crippen molar-refractivity contribution < 1.29 is 9.59 Å². The summed E-state index contributed by atoms with van der Waals surface area (Å²) in [5, 5.41) is 5.78. The number of amides is 2. The maximum absolute atomic E-state index is 11.6. The number of carbonyl (C=O) groups excluding carboxylic acids is 2. The molecule has 0 bridgehead atoms. The van der Waals surface area contributed by atoms with Gasteiger partial charge in [-0.1, -0.05) is 12.2 Å². The Labute approximate surface area is 110 Å². The summed E-state index contributed by atoms with van der Waals surface area (Å²) in [6.07, 6.45) is 6.92. The van der Waals surface area contributed by atoms with Gasteiger partial charge < -0.3 is 5.32 Å². The number of nitrogens with one attached hydrogen (secondary N) is 2. The van der Waals surface area contributed by atoms with E-state index in [9.17, 15) is 9.59 Å². The van der Waals surface area contributed by atoms with Gasteiger partial charge in [0.25, 0.3) is 11.8 Å². The molecule has 4 nitrogen and oxygen atoms in total. The molecule has 3 aliphatic rings. The van der Waals surface area contributed by atoms with Crippen LogP contribution in [0.15, 0.2) is 30.4 Å². The lowest BCUT2D eigenvalue weighted by molar-refractivity contribution is 0.0879. The summed E-state index contributed by atoms with van der Waals surface area (Å²) in [5.74, 6) is 0.838. The van der Waals surface area contributed by atoms with Crippen LogP contribution in [0.4, 0.5) is 5.69 Å². The van der Waals surface area contributed by atoms with Crippen molar-refractivity contribution >= 4 is 17.5 Å². The normalized spacial score (nSPS) is 30.6. The van der Waals surface area contributed by atoms with Gasteiger partial charge in [-0.3, -0.25) is 14.9 Å². The average Bonchev–Trinajstić information content (AvgIpc) is 2.88. The number of benzene rings is 1. The summed E-state index contributed by atoms with van der Waals surface area (Å²) in [7, 11) is 0. The fraction of sp³-hybridized carbons (Fsp3) is 0.333. The van der Waals surface area contributed by atoms with Gasteiger partial charge in [-0.2, -0.15) is 0 Å². The standard InChI is InChI=1S/C15H14N2O2/c18-14-11-5-4-9(7-12(11)15(19)17-14)16-13-6-8-2-1-3-10(8)13/h1,3-5,7-8,10,13,16H,2,6H2,(H,17,18,19). The Morgan fingerprint density at radius 1 is 1.16 bits per heavy atom. The van der Waals surface area contributed by atoms with Gasteiger partial charge in [0.15, 0.2) is 0 Å². The van der Waals surface area contributed by atoms with E-state index in [-0.39, 0.29) is 11.8 Å². The van der Waals surface area contributed by atoms with Gasteiger partial charge in [-0.15, -0.1) is 0 Å². The Kier molecular flexibility index (Phi) is 2.10. The van der Waals surface area contributed by atoms with Crippen LogP contribution < -0.4 is 10.6 Å². The first-order valence-electron chi connectivity index (χ1n) is 6.65. The van der Waals surface area contributed by atoms with Crippen molar-refractivity contribution in [2.45, 2.75) is 18.9 Å². The first kappa shape index (κ1) is 10.8. The molecule has 96 valence electrons. The van der Waals surface area contributed by atoms with E-state index in [0.717, 1.165) is 11.6 Å². The molecule has 2 N–H and O–H groups in total. The molecule has 2 amide bonds. The summed E-state index contributed by atoms with van der Waals surface area (Å²) in [6.45, 7) is 0. The summed E-state index contributed by atoms with van der Waals surface area (Å²) in [4.78, 5) is 23.1. The molecule has 0 aromatic heterocycles. The molecule has 3 unspecified atom stereocenters. The van der Waals surface area contributed by atoms with E-state index in [1.54, 1.807) is 12.1 Å². The van der Waals surface area contributed by atoms with Crippen LogP contribution >= 0.6 is 0 Å². The third kappa shape index (κ3) is 1.52. The van der Waals surface area contributed by atoms with Gasteiger partial charge in [-0.05, 0) is 37.0 Å². The molecular weight excluding hydrogens is 240 g/mol. The Morgan fingerprint density at radius 2 is 2.00 bits per heavy atom. The maximum Gasteiger partial charge on any atom is 0.259 e. The minimum absolute atomic E-state index is 0.295. The van der Waals surface area contributed by atoms with Gasteiger partial charge in [0.1, 0.15) is 0 Å². The van der Waals surface area contributed by atoms with Gasteiger partial charge in [0, 0.05) is 17.6 Å². The number of carbonyl (C=O) groups is 2. The van der Waals surface area contributed by atoms with Crippen LogP contribution in [-0.4, -0.2) is 17.9 Å². The molecule has 1 aromatic carbocycles. The number of fused-ring (bicyclic) bond motifs is 2. The van der Waals surface area contributed by atoms with Crippen molar-refractivity contribution in [3.05, 3.63) is 41.5 Å². The smallest absolute Gasteiger partial charge is 0.259 e. The summed E-state index contributed by atoms with van der Waals surface area (Å²) in [5.41, 5.74) is 1.88. The lowest BCUT2D eigenvalue weighted by atomic mass is 9.71. The molecule has 0 spiro atoms. The average molecular weight is 254 g/mol. The molecule has 1 aromatic rings. The van der Waals surface area contributed by atoms with Gasteiger partial charge in [0.2, 0.25) is 0 Å². The van der Waals surface area contributed by atoms with Crippen LogP contribution in [0.25, 0.3) is 0 Å². The molecule has 2 aliphatic carbocycles. The highest BCUT2D eigenvalue weighted by molar-refractivity contribution is 6.21. The maximum atomic E-state index is 11.6. The molecule has 1 aliphatic heterocycles. The zero-order valence-corrected chi connectivity index (χ0v) is 10.3. The molecular formula is C15H14N2O2. The predicted molar refractivity (Wildman–Crippen MR) is 71.0 cm³/mol. The van der Waals surface area contributed by atoms with Crippen LogP contribution in [0.5, 0.6) is 0 Å². The Bertz CT molecular complexity index is 621. The van der Waals surface area contributed by atoms with E-state index >= 15 is 0 Å². The van der Waals surface area contributed by atoms with E-state index < -0.39 is 0 Å². The molecule has 19 heavy (non-hydrogen) atoms. The first-order valence-corrected chi connectivity index (χ1v) is 6.65. The number of allylic oxidation sites excluding steroid dienone is 1. The molecule has 1 fully saturated rings. The zero-order chi connectivity index (χ0) is 13.0. The third-order valence-corrected chi connectivity index (χ3v) is 4.45. The molecule has 4 heteroatoms. The van der Waals surface area contributed by atoms with Crippen molar-refractivity contribution in [2.24, 2.45) is 11.8 Å². The van der Waals surface area contributed by atoms with E-state index in [2.05, 4.69) is 22.8 Å². The molecule has 1 saturated carbocycles. The number of hydrogen-bond donors (Lipinski definition) is 2. The molecule has 3 atom stereocenters. The van der Waals surface area contributed by atoms with Crippen LogP contribution in [-0.2, 0) is 0 Å². The second-order valence-corrected chi connectivity index (χ2v) is 5.53. The Morgan fingerprint density at radius 3 is 2.84 bits per heavy atom. The minimum atomic E-state index is -0.297. The van der Waals surface area contributed by atoms with Crippen molar-refractivity contribution in [1.29, 1.82) is 0 Å². The number of rotatable bonds is 2. The van der Waals surface area contributed by atoms with Crippen LogP contribution in [0.1, 0.15) is 33.6 Å². The second kappa shape index (κ2) is 3.70. The van der Waals surface area contributed by atoms with E-state index in [0.29, 0.717) is 23.1 Å².